The largest absolute Gasteiger partial charge is 0.331 e. The fraction of sp³-hybridized carbons (Fsp3) is 0.111. The van der Waals surface area contributed by atoms with Crippen LogP contribution in [0.2, 0.25) is 10.0 Å². The van der Waals surface area contributed by atoms with Crippen LogP contribution in [-0.2, 0) is 9.59 Å². The second-order valence-corrected chi connectivity index (χ2v) is 6.16. The summed E-state index contributed by atoms with van der Waals surface area (Å²) in [4.78, 5) is 23.6. The lowest BCUT2D eigenvalue weighted by Crippen LogP contribution is -2.36. The predicted octanol–water partition coefficient (Wildman–Crippen LogP) is 3.37. The van der Waals surface area contributed by atoms with Crippen molar-refractivity contribution in [1.82, 2.24) is 10.9 Å². The van der Waals surface area contributed by atoms with Gasteiger partial charge in [-0.25, -0.2) is 10.9 Å². The van der Waals surface area contributed by atoms with E-state index in [4.69, 9.17) is 23.2 Å². The van der Waals surface area contributed by atoms with Gasteiger partial charge in [0.05, 0.1) is 11.4 Å². The molecular weight excluding hydrogens is 375 g/mol. The first-order valence-electron chi connectivity index (χ1n) is 7.57. The van der Waals surface area contributed by atoms with Gasteiger partial charge in [-0.2, -0.15) is 10.2 Å². The van der Waals surface area contributed by atoms with Crippen LogP contribution in [0.1, 0.15) is 25.0 Å². The quantitative estimate of drug-likeness (QED) is 0.476. The van der Waals surface area contributed by atoms with Crippen molar-refractivity contribution >= 4 is 46.4 Å². The van der Waals surface area contributed by atoms with E-state index >= 15 is 0 Å². The molecule has 0 atom stereocenters. The van der Waals surface area contributed by atoms with E-state index in [9.17, 15) is 9.59 Å². The van der Waals surface area contributed by atoms with Gasteiger partial charge in [-0.15, -0.1) is 0 Å². The molecule has 0 aliphatic heterocycles. The number of hydrogen-bond acceptors (Lipinski definition) is 4. The fourth-order valence-corrected chi connectivity index (χ4v) is 2.13. The van der Waals surface area contributed by atoms with Crippen molar-refractivity contribution in [3.8, 4) is 0 Å². The average Bonchev–Trinajstić information content (AvgIpc) is 2.64. The number of nitrogens with one attached hydrogen (secondary N) is 2. The van der Waals surface area contributed by atoms with Crippen LogP contribution in [0.3, 0.4) is 0 Å². The third kappa shape index (κ3) is 5.68. The zero-order chi connectivity index (χ0) is 19.1. The number of nitrogens with zero attached hydrogens (tertiary/aromatic N) is 2. The Kier molecular flexibility index (Phi) is 6.89. The Labute approximate surface area is 160 Å². The Morgan fingerprint density at radius 3 is 1.31 bits per heavy atom. The molecule has 2 aromatic rings. The lowest BCUT2D eigenvalue weighted by atomic mass is 10.1. The Hall–Kier alpha value is -2.70. The van der Waals surface area contributed by atoms with E-state index in [2.05, 4.69) is 21.1 Å². The maximum absolute atomic E-state index is 11.8. The van der Waals surface area contributed by atoms with Crippen molar-refractivity contribution in [2.45, 2.75) is 13.8 Å². The Morgan fingerprint density at radius 2 is 1.00 bits per heavy atom. The highest BCUT2D eigenvalue weighted by Gasteiger charge is 2.12. The number of amides is 2. The topological polar surface area (TPSA) is 82.9 Å². The number of halogens is 2. The summed E-state index contributed by atoms with van der Waals surface area (Å²) in [5, 5.41) is 8.97. The SMILES string of the molecule is C/C(=N/NC(=O)C(=O)N/N=C(/C)c1ccc(Cl)cc1)c1ccc(Cl)cc1. The highest BCUT2D eigenvalue weighted by atomic mass is 35.5. The van der Waals surface area contributed by atoms with E-state index in [-0.39, 0.29) is 0 Å². The van der Waals surface area contributed by atoms with Crippen molar-refractivity contribution in [2.75, 3.05) is 0 Å². The van der Waals surface area contributed by atoms with Crippen LogP contribution in [0, 0.1) is 0 Å². The van der Waals surface area contributed by atoms with Gasteiger partial charge >= 0.3 is 11.8 Å². The van der Waals surface area contributed by atoms with E-state index in [0.29, 0.717) is 21.5 Å². The van der Waals surface area contributed by atoms with Gasteiger partial charge in [0, 0.05) is 10.0 Å². The third-order valence-electron chi connectivity index (χ3n) is 3.38. The van der Waals surface area contributed by atoms with Crippen molar-refractivity contribution < 1.29 is 9.59 Å². The number of benzene rings is 2. The van der Waals surface area contributed by atoms with E-state index in [1.165, 1.54) is 0 Å². The number of carbonyl (C=O) groups excluding carboxylic acids is 2. The Bertz CT molecular complexity index is 786. The van der Waals surface area contributed by atoms with Crippen LogP contribution in [0.5, 0.6) is 0 Å². The molecule has 0 radical (unpaired) electrons. The molecule has 2 amide bonds. The van der Waals surface area contributed by atoms with Crippen LogP contribution in [-0.4, -0.2) is 23.2 Å². The molecule has 6 nitrogen and oxygen atoms in total. The zero-order valence-electron chi connectivity index (χ0n) is 14.1. The standard InChI is InChI=1S/C18H16Cl2N4O2/c1-11(13-3-7-15(19)8-4-13)21-23-17(25)18(26)24-22-12(2)14-5-9-16(20)10-6-14/h3-10H,1-2H3,(H,23,25)(H,24,26)/b21-11-,22-12-. The molecule has 2 aromatic carbocycles. The minimum Gasteiger partial charge on any atom is -0.262 e. The summed E-state index contributed by atoms with van der Waals surface area (Å²) in [6.07, 6.45) is 0. The molecule has 0 spiro atoms. The summed E-state index contributed by atoms with van der Waals surface area (Å²) in [6, 6.07) is 13.9. The van der Waals surface area contributed by atoms with Gasteiger partial charge in [-0.05, 0) is 49.2 Å². The summed E-state index contributed by atoms with van der Waals surface area (Å²) in [5.41, 5.74) is 6.97. The summed E-state index contributed by atoms with van der Waals surface area (Å²) >= 11 is 11.6. The smallest absolute Gasteiger partial charge is 0.262 e. The van der Waals surface area contributed by atoms with Gasteiger partial charge in [-0.3, -0.25) is 9.59 Å². The molecule has 0 saturated carbocycles. The van der Waals surface area contributed by atoms with Crippen molar-refractivity contribution in [2.24, 2.45) is 10.2 Å². The average molecular weight is 391 g/mol. The lowest BCUT2D eigenvalue weighted by molar-refractivity contribution is -0.139. The van der Waals surface area contributed by atoms with Gasteiger partial charge in [-0.1, -0.05) is 47.5 Å². The van der Waals surface area contributed by atoms with Crippen LogP contribution in [0.4, 0.5) is 0 Å². The molecule has 134 valence electrons. The molecule has 0 unspecified atom stereocenters. The van der Waals surface area contributed by atoms with E-state index in [1.54, 1.807) is 62.4 Å². The molecule has 0 bridgehead atoms. The highest BCUT2D eigenvalue weighted by Crippen LogP contribution is 2.11. The molecule has 2 rings (SSSR count). The van der Waals surface area contributed by atoms with Gasteiger partial charge in [0.25, 0.3) is 0 Å². The first kappa shape index (κ1) is 19.6. The molecular formula is C18H16Cl2N4O2. The molecule has 0 aliphatic rings. The molecule has 8 heteroatoms. The van der Waals surface area contributed by atoms with Gasteiger partial charge in [0.2, 0.25) is 0 Å². The highest BCUT2D eigenvalue weighted by molar-refractivity contribution is 6.35. The summed E-state index contributed by atoms with van der Waals surface area (Å²) < 4.78 is 0. The maximum Gasteiger partial charge on any atom is 0.331 e. The maximum atomic E-state index is 11.8. The Morgan fingerprint density at radius 1 is 0.692 bits per heavy atom. The van der Waals surface area contributed by atoms with Gasteiger partial charge in [0.15, 0.2) is 0 Å². The van der Waals surface area contributed by atoms with Crippen LogP contribution < -0.4 is 10.9 Å². The number of rotatable bonds is 4. The molecule has 0 aliphatic carbocycles. The fourth-order valence-electron chi connectivity index (χ4n) is 1.88. The van der Waals surface area contributed by atoms with Crippen molar-refractivity contribution in [1.29, 1.82) is 0 Å². The van der Waals surface area contributed by atoms with Crippen molar-refractivity contribution in [3.63, 3.8) is 0 Å². The minimum absolute atomic E-state index is 0.531. The van der Waals surface area contributed by atoms with Crippen LogP contribution in [0.15, 0.2) is 58.7 Å². The molecule has 2 N–H and O–H groups in total. The number of hydrogen-bond donors (Lipinski definition) is 2. The van der Waals surface area contributed by atoms with Gasteiger partial charge < -0.3 is 0 Å². The normalized spacial score (nSPS) is 11.8. The van der Waals surface area contributed by atoms with E-state index in [1.807, 2.05) is 0 Å². The minimum atomic E-state index is -0.925. The lowest BCUT2D eigenvalue weighted by Gasteiger charge is -2.04. The monoisotopic (exact) mass is 390 g/mol. The molecule has 26 heavy (non-hydrogen) atoms. The number of carbonyl (C=O) groups is 2. The second kappa shape index (κ2) is 9.12. The summed E-state index contributed by atoms with van der Waals surface area (Å²) in [5.74, 6) is -1.85. The third-order valence-corrected chi connectivity index (χ3v) is 3.88. The van der Waals surface area contributed by atoms with Crippen molar-refractivity contribution in [3.05, 3.63) is 69.7 Å². The summed E-state index contributed by atoms with van der Waals surface area (Å²) in [6.45, 7) is 3.40. The van der Waals surface area contributed by atoms with E-state index < -0.39 is 11.8 Å². The molecule has 0 fully saturated rings. The predicted molar refractivity (Wildman–Crippen MR) is 104 cm³/mol. The summed E-state index contributed by atoms with van der Waals surface area (Å²) in [7, 11) is 0. The van der Waals surface area contributed by atoms with Gasteiger partial charge in [0.1, 0.15) is 0 Å². The first-order chi connectivity index (χ1) is 12.4. The first-order valence-corrected chi connectivity index (χ1v) is 8.33. The van der Waals surface area contributed by atoms with Crippen LogP contribution in [0.25, 0.3) is 0 Å². The molecule has 0 aromatic heterocycles. The molecule has 0 heterocycles. The van der Waals surface area contributed by atoms with Crippen LogP contribution >= 0.6 is 23.2 Å². The zero-order valence-corrected chi connectivity index (χ0v) is 15.6. The molecule has 0 saturated heterocycles. The van der Waals surface area contributed by atoms with E-state index in [0.717, 1.165) is 11.1 Å². The number of hydrazone groups is 2. The second-order valence-electron chi connectivity index (χ2n) is 5.29. The Balaban J connectivity index is 1.93.